The van der Waals surface area contributed by atoms with E-state index in [-0.39, 0.29) is 0 Å². The lowest BCUT2D eigenvalue weighted by atomic mass is 10.1. The van der Waals surface area contributed by atoms with Gasteiger partial charge in [0.1, 0.15) is 5.75 Å². The van der Waals surface area contributed by atoms with Crippen molar-refractivity contribution in [3.8, 4) is 5.75 Å². The minimum absolute atomic E-state index is 0.377. The molecule has 1 amide bonds. The molecule has 4 nitrogen and oxygen atoms in total. The highest BCUT2D eigenvalue weighted by Gasteiger charge is 2.36. The molecule has 0 saturated carbocycles. The molecule has 0 spiro atoms. The van der Waals surface area contributed by atoms with Crippen molar-refractivity contribution in [1.29, 1.82) is 0 Å². The molecule has 0 aromatic heterocycles. The Kier molecular flexibility index (Phi) is 4.35. The van der Waals surface area contributed by atoms with E-state index >= 15 is 0 Å². The van der Waals surface area contributed by atoms with E-state index < -0.39 is 11.7 Å². The third kappa shape index (κ3) is 3.08. The summed E-state index contributed by atoms with van der Waals surface area (Å²) in [5.41, 5.74) is 2.06. The molecular weight excluding hydrogens is 314 g/mol. The zero-order chi connectivity index (χ0) is 16.4. The second-order valence-corrected chi connectivity index (χ2v) is 5.84. The minimum atomic E-state index is -0.525. The number of ether oxygens (including phenoxy) is 1. The van der Waals surface area contributed by atoms with Gasteiger partial charge >= 0.3 is 0 Å². The van der Waals surface area contributed by atoms with Crippen LogP contribution in [0.1, 0.15) is 22.3 Å². The number of anilines is 1. The van der Waals surface area contributed by atoms with Gasteiger partial charge in [-0.1, -0.05) is 35.4 Å². The Hall–Kier alpha value is -2.33. The first-order chi connectivity index (χ1) is 11.1. The molecule has 0 unspecified atom stereocenters. The van der Waals surface area contributed by atoms with E-state index in [1.807, 2.05) is 31.2 Å². The molecule has 3 rings (SSSR count). The summed E-state index contributed by atoms with van der Waals surface area (Å²) in [7, 11) is 0. The number of ketones is 1. The Labute approximate surface area is 139 Å². The van der Waals surface area contributed by atoms with Crippen molar-refractivity contribution in [1.82, 2.24) is 0 Å². The molecule has 0 bridgehead atoms. The maximum absolute atomic E-state index is 12.1. The third-order valence-electron chi connectivity index (χ3n) is 3.76. The van der Waals surface area contributed by atoms with Gasteiger partial charge in [-0.2, -0.15) is 0 Å². The fourth-order valence-electron chi connectivity index (χ4n) is 2.57. The van der Waals surface area contributed by atoms with E-state index in [1.54, 1.807) is 18.2 Å². The Balaban J connectivity index is 1.62. The second kappa shape index (κ2) is 6.42. The van der Waals surface area contributed by atoms with E-state index in [0.29, 0.717) is 35.8 Å². The number of carbonyl (C=O) groups excluding carboxylic acids is 2. The monoisotopic (exact) mass is 329 g/mol. The number of halogens is 1. The first-order valence-corrected chi connectivity index (χ1v) is 7.80. The van der Waals surface area contributed by atoms with E-state index in [2.05, 4.69) is 0 Å². The summed E-state index contributed by atoms with van der Waals surface area (Å²) in [5, 5.41) is 0.418. The molecule has 2 aromatic carbocycles. The van der Waals surface area contributed by atoms with Gasteiger partial charge in [0.05, 0.1) is 22.9 Å². The molecule has 0 atom stereocenters. The summed E-state index contributed by atoms with van der Waals surface area (Å²) in [6, 6.07) is 12.8. The molecule has 1 aliphatic rings. The van der Waals surface area contributed by atoms with Gasteiger partial charge in [0, 0.05) is 6.54 Å². The smallest absolute Gasteiger partial charge is 0.299 e. The summed E-state index contributed by atoms with van der Waals surface area (Å²) < 4.78 is 5.65. The molecule has 2 aromatic rings. The fourth-order valence-corrected chi connectivity index (χ4v) is 2.85. The highest BCUT2D eigenvalue weighted by molar-refractivity contribution is 6.54. The number of rotatable bonds is 5. The van der Waals surface area contributed by atoms with Crippen molar-refractivity contribution < 1.29 is 14.3 Å². The average molecular weight is 330 g/mol. The number of amides is 1. The zero-order valence-corrected chi connectivity index (χ0v) is 13.5. The molecule has 5 heteroatoms. The van der Waals surface area contributed by atoms with E-state index in [1.165, 1.54) is 10.5 Å². The molecular formula is C18H16ClNO3. The summed E-state index contributed by atoms with van der Waals surface area (Å²) in [6.07, 6.45) is 0.609. The molecule has 0 fully saturated rings. The van der Waals surface area contributed by atoms with Crippen LogP contribution in [0.15, 0.2) is 42.5 Å². The van der Waals surface area contributed by atoms with Crippen molar-refractivity contribution in [2.75, 3.05) is 18.1 Å². The van der Waals surface area contributed by atoms with Gasteiger partial charge < -0.3 is 9.64 Å². The lowest BCUT2D eigenvalue weighted by molar-refractivity contribution is -0.114. The van der Waals surface area contributed by atoms with Crippen molar-refractivity contribution in [3.63, 3.8) is 0 Å². The number of hydrogen-bond donors (Lipinski definition) is 0. The molecule has 23 heavy (non-hydrogen) atoms. The summed E-state index contributed by atoms with van der Waals surface area (Å²) in [5.74, 6) is -0.233. The number of Topliss-reactive ketones (excluding diaryl/α,β-unsaturated/α-hetero) is 1. The molecule has 0 aliphatic carbocycles. The van der Waals surface area contributed by atoms with Crippen LogP contribution in [0.2, 0.25) is 5.02 Å². The third-order valence-corrected chi connectivity index (χ3v) is 4.06. The molecule has 0 radical (unpaired) electrons. The summed E-state index contributed by atoms with van der Waals surface area (Å²) in [6.45, 7) is 2.87. The van der Waals surface area contributed by atoms with Gasteiger partial charge in [-0.15, -0.1) is 0 Å². The van der Waals surface area contributed by atoms with E-state index in [0.717, 1.165) is 5.75 Å². The van der Waals surface area contributed by atoms with E-state index in [4.69, 9.17) is 16.3 Å². The number of fused-ring (bicyclic) bond motifs is 1. The van der Waals surface area contributed by atoms with Crippen molar-refractivity contribution >= 4 is 29.0 Å². The van der Waals surface area contributed by atoms with Gasteiger partial charge in [-0.05, 0) is 37.6 Å². The van der Waals surface area contributed by atoms with Gasteiger partial charge in [-0.25, -0.2) is 0 Å². The molecule has 1 aliphatic heterocycles. The first-order valence-electron chi connectivity index (χ1n) is 7.42. The maximum Gasteiger partial charge on any atom is 0.299 e. The van der Waals surface area contributed by atoms with Gasteiger partial charge in [0.15, 0.2) is 0 Å². The predicted molar refractivity (Wildman–Crippen MR) is 89.4 cm³/mol. The average Bonchev–Trinajstić information content (AvgIpc) is 2.79. The van der Waals surface area contributed by atoms with Crippen LogP contribution in [0.3, 0.4) is 0 Å². The molecule has 0 saturated heterocycles. The fraction of sp³-hybridized carbons (Fsp3) is 0.222. The summed E-state index contributed by atoms with van der Waals surface area (Å²) in [4.78, 5) is 25.5. The molecule has 0 N–H and O–H groups in total. The highest BCUT2D eigenvalue weighted by Crippen LogP contribution is 2.35. The lowest BCUT2D eigenvalue weighted by Crippen LogP contribution is -2.31. The summed E-state index contributed by atoms with van der Waals surface area (Å²) >= 11 is 6.14. The van der Waals surface area contributed by atoms with Crippen LogP contribution >= 0.6 is 11.6 Å². The number of para-hydroxylation sites is 1. The standard InChI is InChI=1S/C18H16ClNO3/c1-12-6-8-13(9-7-12)23-11-3-10-20-16-14(17(21)18(20)22)4-2-5-15(16)19/h2,4-9H,3,10-11H2,1H3. The normalized spacial score (nSPS) is 13.4. The van der Waals surface area contributed by atoms with Crippen molar-refractivity contribution in [2.45, 2.75) is 13.3 Å². The zero-order valence-electron chi connectivity index (χ0n) is 12.7. The Morgan fingerprint density at radius 2 is 1.83 bits per heavy atom. The topological polar surface area (TPSA) is 46.6 Å². The van der Waals surface area contributed by atoms with Crippen LogP contribution in [0.5, 0.6) is 5.75 Å². The highest BCUT2D eigenvalue weighted by atomic mass is 35.5. The second-order valence-electron chi connectivity index (χ2n) is 5.44. The number of benzene rings is 2. The quantitative estimate of drug-likeness (QED) is 0.621. The number of hydrogen-bond acceptors (Lipinski definition) is 3. The number of aryl methyl sites for hydroxylation is 1. The Morgan fingerprint density at radius 1 is 1.09 bits per heavy atom. The minimum Gasteiger partial charge on any atom is -0.494 e. The number of nitrogens with zero attached hydrogens (tertiary/aromatic N) is 1. The van der Waals surface area contributed by atoms with Crippen molar-refractivity contribution in [2.24, 2.45) is 0 Å². The van der Waals surface area contributed by atoms with Crippen molar-refractivity contribution in [3.05, 3.63) is 58.6 Å². The number of carbonyl (C=O) groups is 2. The predicted octanol–water partition coefficient (Wildman–Crippen LogP) is 3.65. The van der Waals surface area contributed by atoms with E-state index in [9.17, 15) is 9.59 Å². The SMILES string of the molecule is Cc1ccc(OCCCN2C(=O)C(=O)c3cccc(Cl)c32)cc1. The molecule has 118 valence electrons. The van der Waals surface area contributed by atoms with Gasteiger partial charge in [-0.3, -0.25) is 9.59 Å². The van der Waals surface area contributed by atoms with Gasteiger partial charge in [0.2, 0.25) is 0 Å². The van der Waals surface area contributed by atoms with Gasteiger partial charge in [0.25, 0.3) is 11.7 Å². The largest absolute Gasteiger partial charge is 0.494 e. The van der Waals surface area contributed by atoms with Crippen LogP contribution in [-0.2, 0) is 4.79 Å². The lowest BCUT2D eigenvalue weighted by Gasteiger charge is -2.17. The Morgan fingerprint density at radius 3 is 2.57 bits per heavy atom. The van der Waals surface area contributed by atoms with Crippen LogP contribution in [-0.4, -0.2) is 24.8 Å². The first kappa shape index (κ1) is 15.6. The van der Waals surface area contributed by atoms with Crippen LogP contribution < -0.4 is 9.64 Å². The molecule has 1 heterocycles. The van der Waals surface area contributed by atoms with Crippen LogP contribution in [0, 0.1) is 6.92 Å². The Bertz CT molecular complexity index is 755. The van der Waals surface area contributed by atoms with Crippen LogP contribution in [0.4, 0.5) is 5.69 Å². The van der Waals surface area contributed by atoms with Crippen LogP contribution in [0.25, 0.3) is 0 Å². The maximum atomic E-state index is 12.1.